The molecule has 3 N–H and O–H groups in total. The van der Waals surface area contributed by atoms with E-state index in [1.165, 1.54) is 21.3 Å². The highest BCUT2D eigenvalue weighted by Crippen LogP contribution is 2.40. The second-order valence-corrected chi connectivity index (χ2v) is 4.18. The maximum atomic E-state index is 11.3. The first-order valence-electron chi connectivity index (χ1n) is 6.52. The van der Waals surface area contributed by atoms with Crippen LogP contribution in [0.2, 0.25) is 0 Å². The van der Waals surface area contributed by atoms with Gasteiger partial charge in [0.1, 0.15) is 18.4 Å². The number of primary amides is 1. The molecule has 0 saturated heterocycles. The number of hydrogen-bond acceptors (Lipinski definition) is 6. The van der Waals surface area contributed by atoms with Gasteiger partial charge in [0.2, 0.25) is 11.7 Å². The molecular weight excluding hydrogens is 276 g/mol. The second kappa shape index (κ2) is 8.21. The predicted molar refractivity (Wildman–Crippen MR) is 78.3 cm³/mol. The number of nitrogens with one attached hydrogen (secondary N) is 1. The van der Waals surface area contributed by atoms with Crippen molar-refractivity contribution in [2.24, 2.45) is 5.73 Å². The Morgan fingerprint density at radius 1 is 1.19 bits per heavy atom. The fourth-order valence-corrected chi connectivity index (χ4v) is 1.81. The summed E-state index contributed by atoms with van der Waals surface area (Å²) in [6, 6.07) is 2.76. The fraction of sp³-hybridized carbons (Fsp3) is 0.500. The van der Waals surface area contributed by atoms with Crippen LogP contribution >= 0.6 is 0 Å². The zero-order valence-corrected chi connectivity index (χ0v) is 12.8. The molecule has 0 saturated carbocycles. The zero-order chi connectivity index (χ0) is 15.8. The summed E-state index contributed by atoms with van der Waals surface area (Å²) in [5.74, 6) is 1.46. The summed E-state index contributed by atoms with van der Waals surface area (Å²) in [5, 5.41) is 2.95. The maximum Gasteiger partial charge on any atom is 0.238 e. The molecule has 0 radical (unpaired) electrons. The molecule has 1 amide bonds. The highest BCUT2D eigenvalue weighted by Gasteiger charge is 2.17. The van der Waals surface area contributed by atoms with E-state index in [2.05, 4.69) is 5.32 Å². The smallest absolute Gasteiger partial charge is 0.238 e. The SMILES string of the molecule is CCNC(COc1cc(OC)c(OC)c(OC)c1)C(N)=O. The normalized spacial score (nSPS) is 11.6. The standard InChI is InChI=1S/C14H22N2O5/c1-5-16-10(14(15)17)8-21-9-6-11(18-2)13(20-4)12(7-9)19-3/h6-7,10,16H,5,8H2,1-4H3,(H2,15,17). The van der Waals surface area contributed by atoms with Crippen LogP contribution in [0.25, 0.3) is 0 Å². The fourth-order valence-electron chi connectivity index (χ4n) is 1.81. The number of hydrogen-bond donors (Lipinski definition) is 2. The molecule has 1 aromatic rings. The molecule has 7 nitrogen and oxygen atoms in total. The summed E-state index contributed by atoms with van der Waals surface area (Å²) in [7, 11) is 4.56. The Labute approximate surface area is 124 Å². The van der Waals surface area contributed by atoms with Crippen LogP contribution in [0.3, 0.4) is 0 Å². The Morgan fingerprint density at radius 2 is 1.76 bits per heavy atom. The topological polar surface area (TPSA) is 92.0 Å². The monoisotopic (exact) mass is 298 g/mol. The number of carbonyl (C=O) groups excluding carboxylic acids is 1. The summed E-state index contributed by atoms with van der Waals surface area (Å²) in [6.45, 7) is 2.61. The van der Waals surface area contributed by atoms with Gasteiger partial charge in [0.25, 0.3) is 0 Å². The lowest BCUT2D eigenvalue weighted by Crippen LogP contribution is -2.45. The first-order chi connectivity index (χ1) is 10.1. The van der Waals surface area contributed by atoms with Gasteiger partial charge in [-0.1, -0.05) is 6.92 Å². The van der Waals surface area contributed by atoms with E-state index in [1.807, 2.05) is 6.92 Å². The molecule has 1 aromatic carbocycles. The zero-order valence-electron chi connectivity index (χ0n) is 12.8. The molecule has 0 spiro atoms. The lowest BCUT2D eigenvalue weighted by molar-refractivity contribution is -0.120. The number of benzene rings is 1. The van der Waals surface area contributed by atoms with E-state index in [4.69, 9.17) is 24.7 Å². The van der Waals surface area contributed by atoms with Gasteiger partial charge in [-0.25, -0.2) is 0 Å². The third-order valence-corrected chi connectivity index (χ3v) is 2.85. The van der Waals surface area contributed by atoms with E-state index >= 15 is 0 Å². The van der Waals surface area contributed by atoms with Gasteiger partial charge in [0, 0.05) is 12.1 Å². The third kappa shape index (κ3) is 4.42. The quantitative estimate of drug-likeness (QED) is 0.692. The summed E-state index contributed by atoms with van der Waals surface area (Å²) in [5.41, 5.74) is 5.29. The molecule has 21 heavy (non-hydrogen) atoms. The molecule has 0 aliphatic heterocycles. The number of ether oxygens (including phenoxy) is 4. The highest BCUT2D eigenvalue weighted by molar-refractivity contribution is 5.80. The summed E-state index contributed by atoms with van der Waals surface area (Å²) < 4.78 is 21.3. The molecule has 7 heteroatoms. The van der Waals surface area contributed by atoms with Gasteiger partial charge < -0.3 is 30.0 Å². The van der Waals surface area contributed by atoms with Crippen LogP contribution in [-0.4, -0.2) is 46.4 Å². The Hall–Kier alpha value is -2.15. The van der Waals surface area contributed by atoms with E-state index in [0.717, 1.165) is 0 Å². The number of methoxy groups -OCH3 is 3. The Bertz CT molecular complexity index is 453. The van der Waals surface area contributed by atoms with Crippen LogP contribution in [0, 0.1) is 0 Å². The van der Waals surface area contributed by atoms with Gasteiger partial charge in [0.15, 0.2) is 11.5 Å². The van der Waals surface area contributed by atoms with Gasteiger partial charge >= 0.3 is 0 Å². The van der Waals surface area contributed by atoms with Crippen LogP contribution in [0.15, 0.2) is 12.1 Å². The van der Waals surface area contributed by atoms with E-state index in [0.29, 0.717) is 29.5 Å². The van der Waals surface area contributed by atoms with Crippen molar-refractivity contribution in [2.45, 2.75) is 13.0 Å². The highest BCUT2D eigenvalue weighted by atomic mass is 16.5. The van der Waals surface area contributed by atoms with Crippen molar-refractivity contribution < 1.29 is 23.7 Å². The lowest BCUT2D eigenvalue weighted by Gasteiger charge is -2.17. The van der Waals surface area contributed by atoms with Crippen LogP contribution in [-0.2, 0) is 4.79 Å². The number of nitrogens with two attached hydrogens (primary N) is 1. The minimum atomic E-state index is -0.561. The number of carbonyl (C=O) groups is 1. The molecule has 0 aliphatic carbocycles. The first-order valence-corrected chi connectivity index (χ1v) is 6.52. The molecule has 0 aliphatic rings. The molecule has 0 fully saturated rings. The number of likely N-dealkylation sites (N-methyl/N-ethyl adjacent to an activating group) is 1. The van der Waals surface area contributed by atoms with E-state index in [-0.39, 0.29) is 6.61 Å². The number of rotatable bonds is 9. The van der Waals surface area contributed by atoms with Crippen molar-refractivity contribution in [3.63, 3.8) is 0 Å². The Morgan fingerprint density at radius 3 is 2.14 bits per heavy atom. The first kappa shape index (κ1) is 16.9. The summed E-state index contributed by atoms with van der Waals surface area (Å²) in [6.07, 6.45) is 0. The average molecular weight is 298 g/mol. The van der Waals surface area contributed by atoms with Crippen molar-refractivity contribution in [1.82, 2.24) is 5.32 Å². The van der Waals surface area contributed by atoms with Crippen LogP contribution in [0.1, 0.15) is 6.92 Å². The molecule has 1 rings (SSSR count). The Balaban J connectivity index is 2.90. The van der Waals surface area contributed by atoms with Crippen LogP contribution in [0.4, 0.5) is 0 Å². The minimum Gasteiger partial charge on any atom is -0.493 e. The molecule has 0 bridgehead atoms. The van der Waals surface area contributed by atoms with Gasteiger partial charge in [-0.3, -0.25) is 4.79 Å². The van der Waals surface area contributed by atoms with Crippen molar-refractivity contribution in [2.75, 3.05) is 34.5 Å². The number of amides is 1. The van der Waals surface area contributed by atoms with Crippen molar-refractivity contribution >= 4 is 5.91 Å². The van der Waals surface area contributed by atoms with Gasteiger partial charge in [0.05, 0.1) is 21.3 Å². The molecule has 0 heterocycles. The second-order valence-electron chi connectivity index (χ2n) is 4.18. The predicted octanol–water partition coefficient (Wildman–Crippen LogP) is 0.555. The third-order valence-electron chi connectivity index (χ3n) is 2.85. The molecule has 118 valence electrons. The van der Waals surface area contributed by atoms with Crippen molar-refractivity contribution in [3.05, 3.63) is 12.1 Å². The summed E-state index contributed by atoms with van der Waals surface area (Å²) >= 11 is 0. The molecule has 0 aromatic heterocycles. The van der Waals surface area contributed by atoms with Crippen molar-refractivity contribution in [3.8, 4) is 23.0 Å². The van der Waals surface area contributed by atoms with E-state index in [1.54, 1.807) is 12.1 Å². The molecule has 1 atom stereocenters. The lowest BCUT2D eigenvalue weighted by atomic mass is 10.2. The molecular formula is C14H22N2O5. The van der Waals surface area contributed by atoms with Crippen LogP contribution in [0.5, 0.6) is 23.0 Å². The van der Waals surface area contributed by atoms with E-state index in [9.17, 15) is 4.79 Å². The van der Waals surface area contributed by atoms with Gasteiger partial charge in [-0.05, 0) is 6.54 Å². The maximum absolute atomic E-state index is 11.3. The van der Waals surface area contributed by atoms with Crippen molar-refractivity contribution in [1.29, 1.82) is 0 Å². The van der Waals surface area contributed by atoms with Gasteiger partial charge in [-0.2, -0.15) is 0 Å². The largest absolute Gasteiger partial charge is 0.493 e. The average Bonchev–Trinajstić information content (AvgIpc) is 2.49. The van der Waals surface area contributed by atoms with E-state index < -0.39 is 11.9 Å². The molecule has 1 unspecified atom stereocenters. The van der Waals surface area contributed by atoms with Gasteiger partial charge in [-0.15, -0.1) is 0 Å². The van der Waals surface area contributed by atoms with Crippen LogP contribution < -0.4 is 30.0 Å². The minimum absolute atomic E-state index is 0.113. The Kier molecular flexibility index (Phi) is 6.61. The summed E-state index contributed by atoms with van der Waals surface area (Å²) in [4.78, 5) is 11.3.